The second-order valence-electron chi connectivity index (χ2n) is 15.2. The highest BCUT2D eigenvalue weighted by molar-refractivity contribution is 5.71. The molecule has 6 heteroatoms. The fourth-order valence-electron chi connectivity index (χ4n) is 5.77. The van der Waals surface area contributed by atoms with E-state index >= 15 is 0 Å². The highest BCUT2D eigenvalue weighted by atomic mass is 16.6. The molecule has 0 radical (unpaired) electrons. The molecular formula is C55H84O6. The summed E-state index contributed by atoms with van der Waals surface area (Å²) in [5.74, 6) is -1.01. The summed E-state index contributed by atoms with van der Waals surface area (Å²) < 4.78 is 16.7. The SMILES string of the molecule is CC\C=C/C=C\C=C/C=C\C=C/CCCCCC(=O)OC(COC(=O)CCCCCC/C=C\CCCC)COC(=O)CCCCCCC\C=C/C=C\C=C/C=C\C=C/CCC. The number of carbonyl (C=O) groups is 3. The Morgan fingerprint density at radius 1 is 0.344 bits per heavy atom. The summed E-state index contributed by atoms with van der Waals surface area (Å²) in [6.45, 7) is 6.26. The Morgan fingerprint density at radius 2 is 0.689 bits per heavy atom. The number of carbonyl (C=O) groups excluding carboxylic acids is 3. The van der Waals surface area contributed by atoms with E-state index in [1.54, 1.807) is 0 Å². The number of unbranched alkanes of at least 4 members (excludes halogenated alkanes) is 15. The van der Waals surface area contributed by atoms with Gasteiger partial charge in [-0.2, -0.15) is 0 Å². The molecule has 0 aromatic carbocycles. The van der Waals surface area contributed by atoms with E-state index in [0.29, 0.717) is 19.3 Å². The van der Waals surface area contributed by atoms with Crippen molar-refractivity contribution in [3.05, 3.63) is 134 Å². The Balaban J connectivity index is 4.55. The van der Waals surface area contributed by atoms with Crippen molar-refractivity contribution >= 4 is 17.9 Å². The van der Waals surface area contributed by atoms with Crippen LogP contribution in [0.1, 0.15) is 175 Å². The number of rotatable bonds is 40. The minimum Gasteiger partial charge on any atom is -0.462 e. The third-order valence-corrected chi connectivity index (χ3v) is 9.35. The predicted octanol–water partition coefficient (Wildman–Crippen LogP) is 15.5. The van der Waals surface area contributed by atoms with Crippen LogP contribution in [0.3, 0.4) is 0 Å². The van der Waals surface area contributed by atoms with Gasteiger partial charge in [-0.25, -0.2) is 0 Å². The Hall–Kier alpha value is -4.45. The summed E-state index contributed by atoms with van der Waals surface area (Å²) in [5, 5.41) is 0. The molecule has 0 fully saturated rings. The lowest BCUT2D eigenvalue weighted by Gasteiger charge is -2.18. The fourth-order valence-corrected chi connectivity index (χ4v) is 5.77. The van der Waals surface area contributed by atoms with Crippen LogP contribution in [-0.4, -0.2) is 37.2 Å². The molecule has 0 rings (SSSR count). The molecule has 0 aromatic rings. The van der Waals surface area contributed by atoms with Crippen LogP contribution < -0.4 is 0 Å². The first-order chi connectivity index (χ1) is 30.0. The summed E-state index contributed by atoms with van der Waals surface area (Å²) in [4.78, 5) is 37.8. The molecule has 0 N–H and O–H groups in total. The summed E-state index contributed by atoms with van der Waals surface area (Å²) in [7, 11) is 0. The van der Waals surface area contributed by atoms with Gasteiger partial charge in [-0.15, -0.1) is 0 Å². The molecule has 0 heterocycles. The Kier molecular flexibility index (Phi) is 44.7. The second kappa shape index (κ2) is 48.2. The zero-order chi connectivity index (χ0) is 44.4. The monoisotopic (exact) mass is 841 g/mol. The number of ether oxygens (including phenoxy) is 3. The first-order valence-corrected chi connectivity index (χ1v) is 23.8. The standard InChI is InChI=1S/C55H84O6/c1-4-7-10-13-16-19-22-24-26-27-28-30-31-33-36-39-42-45-48-54(57)60-51-52(50-59-53(56)47-44-41-38-35-21-18-15-12-9-6-3)61-55(58)49-46-43-40-37-34-32-29-25-23-20-17-14-11-8-5-2/h8,10-11,13-20,22-30,32,34,52H,4-7,9,12,21,31,33,35-51H2,1-3H3/b11-8-,13-10-,17-14-,18-15-,19-16-,23-20-,24-22-,27-26-,29-25-,30-28-,34-32-. The van der Waals surface area contributed by atoms with Crippen molar-refractivity contribution in [2.24, 2.45) is 0 Å². The average Bonchev–Trinajstić information content (AvgIpc) is 3.26. The summed E-state index contributed by atoms with van der Waals surface area (Å²) >= 11 is 0. The number of esters is 3. The maximum Gasteiger partial charge on any atom is 0.306 e. The lowest BCUT2D eigenvalue weighted by molar-refractivity contribution is -0.167. The third-order valence-electron chi connectivity index (χ3n) is 9.35. The van der Waals surface area contributed by atoms with Crippen LogP contribution in [0.4, 0.5) is 0 Å². The van der Waals surface area contributed by atoms with Gasteiger partial charge in [0, 0.05) is 19.3 Å². The first-order valence-electron chi connectivity index (χ1n) is 23.8. The molecule has 0 spiro atoms. The number of allylic oxidation sites excluding steroid dienone is 22. The largest absolute Gasteiger partial charge is 0.462 e. The molecular weight excluding hydrogens is 757 g/mol. The van der Waals surface area contributed by atoms with Crippen LogP contribution in [-0.2, 0) is 28.6 Å². The second-order valence-corrected chi connectivity index (χ2v) is 15.2. The average molecular weight is 841 g/mol. The molecule has 61 heavy (non-hydrogen) atoms. The van der Waals surface area contributed by atoms with Gasteiger partial charge in [-0.05, 0) is 77.0 Å². The lowest BCUT2D eigenvalue weighted by atomic mass is 10.1. The van der Waals surface area contributed by atoms with Crippen LogP contribution >= 0.6 is 0 Å². The molecule has 0 saturated carbocycles. The summed E-state index contributed by atoms with van der Waals surface area (Å²) in [6.07, 6.45) is 67.1. The first kappa shape index (κ1) is 56.5. The number of hydrogen-bond acceptors (Lipinski definition) is 6. The summed E-state index contributed by atoms with van der Waals surface area (Å²) in [5.41, 5.74) is 0. The van der Waals surface area contributed by atoms with Gasteiger partial charge in [-0.1, -0.05) is 212 Å². The fraction of sp³-hybridized carbons (Fsp3) is 0.545. The Morgan fingerprint density at radius 3 is 1.13 bits per heavy atom. The van der Waals surface area contributed by atoms with Crippen LogP contribution in [0, 0.1) is 0 Å². The molecule has 1 atom stereocenters. The molecule has 0 aliphatic rings. The van der Waals surface area contributed by atoms with E-state index in [0.717, 1.165) is 109 Å². The lowest BCUT2D eigenvalue weighted by Crippen LogP contribution is -2.30. The smallest absolute Gasteiger partial charge is 0.306 e. The molecule has 0 amide bonds. The molecule has 6 nitrogen and oxygen atoms in total. The summed E-state index contributed by atoms with van der Waals surface area (Å²) in [6, 6.07) is 0. The van der Waals surface area contributed by atoms with Crippen LogP contribution in [0.25, 0.3) is 0 Å². The van der Waals surface area contributed by atoms with Gasteiger partial charge >= 0.3 is 17.9 Å². The predicted molar refractivity (Wildman–Crippen MR) is 260 cm³/mol. The molecule has 0 aromatic heterocycles. The van der Waals surface area contributed by atoms with Crippen LogP contribution in [0.5, 0.6) is 0 Å². The van der Waals surface area contributed by atoms with Crippen molar-refractivity contribution in [3.63, 3.8) is 0 Å². The minimum atomic E-state index is -0.819. The highest BCUT2D eigenvalue weighted by Gasteiger charge is 2.19. The van der Waals surface area contributed by atoms with E-state index in [1.807, 2.05) is 85.1 Å². The quantitative estimate of drug-likeness (QED) is 0.0201. The van der Waals surface area contributed by atoms with Crippen molar-refractivity contribution < 1.29 is 28.6 Å². The van der Waals surface area contributed by atoms with Crippen LogP contribution in [0.15, 0.2) is 134 Å². The van der Waals surface area contributed by atoms with Gasteiger partial charge in [0.25, 0.3) is 0 Å². The molecule has 0 aliphatic heterocycles. The van der Waals surface area contributed by atoms with Gasteiger partial charge in [0.2, 0.25) is 0 Å². The van der Waals surface area contributed by atoms with E-state index in [4.69, 9.17) is 14.2 Å². The van der Waals surface area contributed by atoms with Crippen molar-refractivity contribution in [1.82, 2.24) is 0 Å². The zero-order valence-corrected chi connectivity index (χ0v) is 38.6. The van der Waals surface area contributed by atoms with E-state index < -0.39 is 6.10 Å². The van der Waals surface area contributed by atoms with E-state index in [9.17, 15) is 14.4 Å². The molecule has 0 bridgehead atoms. The maximum atomic E-state index is 12.7. The third kappa shape index (κ3) is 46.5. The number of hydrogen-bond donors (Lipinski definition) is 0. The minimum absolute atomic E-state index is 0.116. The van der Waals surface area contributed by atoms with Gasteiger partial charge in [0.1, 0.15) is 13.2 Å². The van der Waals surface area contributed by atoms with Crippen molar-refractivity contribution in [3.8, 4) is 0 Å². The van der Waals surface area contributed by atoms with Gasteiger partial charge in [-0.3, -0.25) is 14.4 Å². The van der Waals surface area contributed by atoms with Crippen molar-refractivity contribution in [2.45, 2.75) is 181 Å². The Bertz CT molecular complexity index is 1380. The van der Waals surface area contributed by atoms with Gasteiger partial charge < -0.3 is 14.2 Å². The zero-order valence-electron chi connectivity index (χ0n) is 38.6. The van der Waals surface area contributed by atoms with E-state index in [-0.39, 0.29) is 37.5 Å². The normalized spacial score (nSPS) is 13.3. The maximum absolute atomic E-state index is 12.7. The molecule has 0 aliphatic carbocycles. The van der Waals surface area contributed by atoms with E-state index in [1.165, 1.54) is 19.3 Å². The van der Waals surface area contributed by atoms with E-state index in [2.05, 4.69) is 69.4 Å². The van der Waals surface area contributed by atoms with Crippen molar-refractivity contribution in [1.29, 1.82) is 0 Å². The molecule has 0 saturated heterocycles. The molecule has 1 unspecified atom stereocenters. The van der Waals surface area contributed by atoms with Gasteiger partial charge in [0.15, 0.2) is 6.10 Å². The Labute approximate surface area is 373 Å². The topological polar surface area (TPSA) is 78.9 Å². The highest BCUT2D eigenvalue weighted by Crippen LogP contribution is 2.12. The van der Waals surface area contributed by atoms with Gasteiger partial charge in [0.05, 0.1) is 0 Å². The van der Waals surface area contributed by atoms with Crippen molar-refractivity contribution in [2.75, 3.05) is 13.2 Å². The van der Waals surface area contributed by atoms with Crippen LogP contribution in [0.2, 0.25) is 0 Å². The molecule has 340 valence electrons.